The molecule has 2 amide bonds. The molecule has 0 aliphatic rings. The predicted octanol–water partition coefficient (Wildman–Crippen LogP) is 2.49. The van der Waals surface area contributed by atoms with E-state index in [4.69, 9.17) is 11.6 Å². The number of phenolic OH excluding ortho intramolecular Hbond substituents is 1. The van der Waals surface area contributed by atoms with E-state index in [1.54, 1.807) is 0 Å². The molecule has 7 nitrogen and oxygen atoms in total. The number of phenols is 1. The van der Waals surface area contributed by atoms with Crippen LogP contribution in [-0.2, 0) is 9.84 Å². The Hall–Kier alpha value is -2.32. The average Bonchev–Trinajstić information content (AvgIpc) is 2.42. The first-order chi connectivity index (χ1) is 10.3. The van der Waals surface area contributed by atoms with Gasteiger partial charge in [-0.1, -0.05) is 11.6 Å². The molecule has 0 bridgehead atoms. The molecule has 0 saturated carbocycles. The number of hydrogen-bond donors (Lipinski definition) is 3. The normalized spacial score (nSPS) is 11.0. The third-order valence-electron chi connectivity index (χ3n) is 2.58. The molecule has 1 heterocycles. The van der Waals surface area contributed by atoms with Crippen molar-refractivity contribution in [2.24, 2.45) is 0 Å². The zero-order chi connectivity index (χ0) is 16.3. The molecular formula is C13H12ClN3O4S. The number of rotatable bonds is 3. The monoisotopic (exact) mass is 341 g/mol. The topological polar surface area (TPSA) is 108 Å². The number of benzene rings is 1. The summed E-state index contributed by atoms with van der Waals surface area (Å²) < 4.78 is 22.5. The highest BCUT2D eigenvalue weighted by Crippen LogP contribution is 2.26. The molecule has 9 heteroatoms. The molecule has 2 aromatic rings. The molecule has 0 aliphatic carbocycles. The summed E-state index contributed by atoms with van der Waals surface area (Å²) in [7, 11) is -3.38. The van der Waals surface area contributed by atoms with Gasteiger partial charge in [0.2, 0.25) is 0 Å². The Labute approximate surface area is 131 Å². The molecule has 0 unspecified atom stereocenters. The first-order valence-electron chi connectivity index (χ1n) is 5.98. The maximum atomic E-state index is 11.8. The zero-order valence-corrected chi connectivity index (χ0v) is 12.9. The van der Waals surface area contributed by atoms with Gasteiger partial charge in [-0.15, -0.1) is 0 Å². The molecule has 22 heavy (non-hydrogen) atoms. The van der Waals surface area contributed by atoms with Gasteiger partial charge in [-0.3, -0.25) is 0 Å². The number of carbonyl (C=O) groups is 1. The number of halogens is 1. The Morgan fingerprint density at radius 1 is 1.18 bits per heavy atom. The minimum absolute atomic E-state index is 0.0798. The van der Waals surface area contributed by atoms with Crippen molar-refractivity contribution in [1.29, 1.82) is 0 Å². The molecule has 0 fully saturated rings. The highest BCUT2D eigenvalue weighted by atomic mass is 35.5. The van der Waals surface area contributed by atoms with Crippen LogP contribution in [0.5, 0.6) is 5.75 Å². The molecule has 116 valence electrons. The van der Waals surface area contributed by atoms with Crippen molar-refractivity contribution in [3.63, 3.8) is 0 Å². The summed E-state index contributed by atoms with van der Waals surface area (Å²) in [6.07, 6.45) is 2.28. The van der Waals surface area contributed by atoms with Crippen LogP contribution in [-0.4, -0.2) is 30.8 Å². The van der Waals surface area contributed by atoms with Crippen LogP contribution in [0.3, 0.4) is 0 Å². The third-order valence-corrected chi connectivity index (χ3v) is 3.88. The summed E-state index contributed by atoms with van der Waals surface area (Å²) in [5, 5.41) is 14.3. The van der Waals surface area contributed by atoms with Gasteiger partial charge < -0.3 is 15.7 Å². The Kier molecular flexibility index (Phi) is 4.53. The highest BCUT2D eigenvalue weighted by Gasteiger charge is 2.09. The van der Waals surface area contributed by atoms with Gasteiger partial charge in [-0.05, 0) is 30.3 Å². The van der Waals surface area contributed by atoms with Gasteiger partial charge in [0.25, 0.3) is 0 Å². The van der Waals surface area contributed by atoms with Gasteiger partial charge in [0, 0.05) is 11.9 Å². The fourth-order valence-corrected chi connectivity index (χ4v) is 2.29. The molecule has 0 aliphatic heterocycles. The van der Waals surface area contributed by atoms with Crippen LogP contribution in [0.15, 0.2) is 41.6 Å². The Balaban J connectivity index is 2.04. The predicted molar refractivity (Wildman–Crippen MR) is 83.1 cm³/mol. The largest absolute Gasteiger partial charge is 0.506 e. The second-order valence-electron chi connectivity index (χ2n) is 4.40. The number of carbonyl (C=O) groups excluding carboxylic acids is 1. The summed E-state index contributed by atoms with van der Waals surface area (Å²) in [5.41, 5.74) is 0.718. The van der Waals surface area contributed by atoms with Crippen LogP contribution in [0, 0.1) is 0 Å². The van der Waals surface area contributed by atoms with Crippen molar-refractivity contribution in [1.82, 2.24) is 4.98 Å². The highest BCUT2D eigenvalue weighted by molar-refractivity contribution is 7.90. The SMILES string of the molecule is CS(=O)(=O)c1ccc(NC(=O)Nc2ccc(O)c(Cl)c2)cn1. The van der Waals surface area contributed by atoms with Gasteiger partial charge in [-0.25, -0.2) is 18.2 Å². The van der Waals surface area contributed by atoms with Gasteiger partial charge in [-0.2, -0.15) is 0 Å². The molecule has 0 spiro atoms. The standard InChI is InChI=1S/C13H12ClN3O4S/c1-22(20,21)12-5-3-9(7-15-12)17-13(19)16-8-2-4-11(18)10(14)6-8/h2-7,18H,1H3,(H2,16,17,19). The Morgan fingerprint density at radius 2 is 1.82 bits per heavy atom. The lowest BCUT2D eigenvalue weighted by Crippen LogP contribution is -2.19. The van der Waals surface area contributed by atoms with Crippen LogP contribution in [0.2, 0.25) is 5.02 Å². The smallest absolute Gasteiger partial charge is 0.323 e. The number of amides is 2. The molecule has 1 aromatic carbocycles. The number of pyridine rings is 1. The van der Waals surface area contributed by atoms with E-state index in [1.165, 1.54) is 36.5 Å². The minimum Gasteiger partial charge on any atom is -0.506 e. The number of aromatic hydroxyl groups is 1. The fraction of sp³-hybridized carbons (Fsp3) is 0.0769. The van der Waals surface area contributed by atoms with Gasteiger partial charge >= 0.3 is 6.03 Å². The first-order valence-corrected chi connectivity index (χ1v) is 8.25. The summed E-state index contributed by atoms with van der Waals surface area (Å²) in [4.78, 5) is 15.5. The van der Waals surface area contributed by atoms with Crippen LogP contribution in [0.25, 0.3) is 0 Å². The number of aromatic nitrogens is 1. The molecule has 2 rings (SSSR count). The van der Waals surface area contributed by atoms with Gasteiger partial charge in [0.1, 0.15) is 5.75 Å². The molecule has 3 N–H and O–H groups in total. The summed E-state index contributed by atoms with van der Waals surface area (Å²) >= 11 is 5.73. The molecule has 0 radical (unpaired) electrons. The van der Waals surface area contributed by atoms with E-state index < -0.39 is 15.9 Å². The van der Waals surface area contributed by atoms with Crippen molar-refractivity contribution < 1.29 is 18.3 Å². The van der Waals surface area contributed by atoms with Crippen LogP contribution in [0.1, 0.15) is 0 Å². The van der Waals surface area contributed by atoms with E-state index in [2.05, 4.69) is 15.6 Å². The quantitative estimate of drug-likeness (QED) is 0.743. The third kappa shape index (κ3) is 4.09. The second kappa shape index (κ2) is 6.20. The van der Waals surface area contributed by atoms with E-state index in [-0.39, 0.29) is 15.8 Å². The molecule has 0 saturated heterocycles. The lowest BCUT2D eigenvalue weighted by Gasteiger charge is -2.08. The maximum Gasteiger partial charge on any atom is 0.323 e. The van der Waals surface area contributed by atoms with Crippen molar-refractivity contribution in [2.75, 3.05) is 16.9 Å². The number of anilines is 2. The number of nitrogens with zero attached hydrogens (tertiary/aromatic N) is 1. The molecule has 1 aromatic heterocycles. The van der Waals surface area contributed by atoms with E-state index in [1.807, 2.05) is 0 Å². The lowest BCUT2D eigenvalue weighted by atomic mass is 10.3. The molecule has 0 atom stereocenters. The van der Waals surface area contributed by atoms with Crippen molar-refractivity contribution in [3.8, 4) is 5.75 Å². The number of nitrogens with one attached hydrogen (secondary N) is 2. The Morgan fingerprint density at radius 3 is 2.36 bits per heavy atom. The van der Waals surface area contributed by atoms with Crippen molar-refractivity contribution in [3.05, 3.63) is 41.6 Å². The average molecular weight is 342 g/mol. The summed E-state index contributed by atoms with van der Waals surface area (Å²) in [6.45, 7) is 0. The van der Waals surface area contributed by atoms with Crippen LogP contribution >= 0.6 is 11.6 Å². The summed E-state index contributed by atoms with van der Waals surface area (Å²) in [5.74, 6) is -0.0896. The lowest BCUT2D eigenvalue weighted by molar-refractivity contribution is 0.262. The first kappa shape index (κ1) is 16.1. The van der Waals surface area contributed by atoms with Gasteiger partial charge in [0.05, 0.1) is 16.9 Å². The van der Waals surface area contributed by atoms with Crippen molar-refractivity contribution >= 4 is 38.8 Å². The Bertz CT molecular complexity index is 807. The number of hydrogen-bond acceptors (Lipinski definition) is 5. The number of urea groups is 1. The van der Waals surface area contributed by atoms with Crippen LogP contribution in [0.4, 0.5) is 16.2 Å². The van der Waals surface area contributed by atoms with E-state index in [0.717, 1.165) is 6.26 Å². The second-order valence-corrected chi connectivity index (χ2v) is 6.77. The summed E-state index contributed by atoms with van der Waals surface area (Å²) in [6, 6.07) is 6.37. The number of sulfone groups is 1. The molecular weight excluding hydrogens is 330 g/mol. The van der Waals surface area contributed by atoms with E-state index in [0.29, 0.717) is 11.4 Å². The minimum atomic E-state index is -3.38. The van der Waals surface area contributed by atoms with Gasteiger partial charge in [0.15, 0.2) is 14.9 Å². The van der Waals surface area contributed by atoms with E-state index >= 15 is 0 Å². The maximum absolute atomic E-state index is 11.8. The van der Waals surface area contributed by atoms with Crippen molar-refractivity contribution in [2.45, 2.75) is 5.03 Å². The fourth-order valence-electron chi connectivity index (χ4n) is 1.55. The van der Waals surface area contributed by atoms with E-state index in [9.17, 15) is 18.3 Å². The zero-order valence-electron chi connectivity index (χ0n) is 11.4. The van der Waals surface area contributed by atoms with Crippen LogP contribution < -0.4 is 10.6 Å².